The molecule has 4 aromatic carbocycles. The lowest BCUT2D eigenvalue weighted by molar-refractivity contribution is 0.545. The molecule has 9 rings (SSSR count). The third-order valence-electron chi connectivity index (χ3n) is 10.8. The minimum atomic E-state index is -0.150. The summed E-state index contributed by atoms with van der Waals surface area (Å²) in [4.78, 5) is 5.33. The Bertz CT molecular complexity index is 2210. The third kappa shape index (κ3) is 4.65. The molecule has 5 aromatic rings. The van der Waals surface area contributed by atoms with Crippen molar-refractivity contribution in [2.45, 2.75) is 57.8 Å². The number of aromatic nitrogens is 2. The number of hydrogen-bond donors (Lipinski definition) is 0. The van der Waals surface area contributed by atoms with Crippen molar-refractivity contribution in [1.29, 1.82) is 0 Å². The number of nitrogens with zero attached hydrogens (tertiary/aromatic N) is 2. The molecule has 1 aromatic heterocycles. The maximum atomic E-state index is 5.33. The predicted octanol–water partition coefficient (Wildman–Crippen LogP) is 11.6. The van der Waals surface area contributed by atoms with Crippen molar-refractivity contribution >= 4 is 33.2 Å². The van der Waals surface area contributed by atoms with Gasteiger partial charge < -0.3 is 0 Å². The van der Waals surface area contributed by atoms with Crippen molar-refractivity contribution in [2.24, 2.45) is 5.92 Å². The van der Waals surface area contributed by atoms with E-state index in [4.69, 9.17) is 4.98 Å². The van der Waals surface area contributed by atoms with Crippen LogP contribution in [-0.4, -0.2) is 9.55 Å². The first-order chi connectivity index (χ1) is 23.1. The average molecular weight is 609 g/mol. The maximum absolute atomic E-state index is 5.33. The molecule has 230 valence electrons. The first-order valence-corrected chi connectivity index (χ1v) is 17.4. The Balaban J connectivity index is 1.21. The van der Waals surface area contributed by atoms with Gasteiger partial charge >= 0.3 is 0 Å². The van der Waals surface area contributed by atoms with E-state index in [-0.39, 0.29) is 5.41 Å². The fourth-order valence-electron chi connectivity index (χ4n) is 8.42. The molecular formula is C45H40N2. The normalized spacial score (nSPS) is 21.7. The minimum absolute atomic E-state index is 0.150. The van der Waals surface area contributed by atoms with Crippen LogP contribution < -0.4 is 0 Å². The van der Waals surface area contributed by atoms with E-state index in [0.29, 0.717) is 5.92 Å². The topological polar surface area (TPSA) is 17.8 Å². The van der Waals surface area contributed by atoms with E-state index >= 15 is 0 Å². The average Bonchev–Trinajstić information content (AvgIpc) is 3.50. The molecule has 0 bridgehead atoms. The Kier molecular flexibility index (Phi) is 6.68. The van der Waals surface area contributed by atoms with Crippen LogP contribution >= 0.6 is 0 Å². The number of benzene rings is 4. The molecule has 2 unspecified atom stereocenters. The van der Waals surface area contributed by atoms with Crippen LogP contribution in [0.5, 0.6) is 0 Å². The second-order valence-electron chi connectivity index (χ2n) is 14.1. The van der Waals surface area contributed by atoms with Gasteiger partial charge in [-0.3, -0.25) is 4.57 Å². The van der Waals surface area contributed by atoms with E-state index in [0.717, 1.165) is 44.3 Å². The van der Waals surface area contributed by atoms with Gasteiger partial charge in [0.1, 0.15) is 5.82 Å². The van der Waals surface area contributed by atoms with E-state index in [1.165, 1.54) is 72.0 Å². The summed E-state index contributed by atoms with van der Waals surface area (Å²) in [6, 6.07) is 27.4. The van der Waals surface area contributed by atoms with Gasteiger partial charge in [0.25, 0.3) is 0 Å². The highest BCUT2D eigenvalue weighted by molar-refractivity contribution is 6.19. The summed E-state index contributed by atoms with van der Waals surface area (Å²) < 4.78 is 2.42. The van der Waals surface area contributed by atoms with Crippen LogP contribution in [0.2, 0.25) is 0 Å². The van der Waals surface area contributed by atoms with Gasteiger partial charge in [-0.2, -0.15) is 0 Å². The van der Waals surface area contributed by atoms with Gasteiger partial charge in [0.05, 0.1) is 11.4 Å². The molecule has 0 fully saturated rings. The molecule has 1 heterocycles. The highest BCUT2D eigenvalue weighted by atomic mass is 15.1. The van der Waals surface area contributed by atoms with Crippen LogP contribution in [0.1, 0.15) is 68.7 Å². The van der Waals surface area contributed by atoms with Gasteiger partial charge in [-0.15, -0.1) is 0 Å². The fraction of sp³-hybridized carbons (Fsp3) is 0.222. The summed E-state index contributed by atoms with van der Waals surface area (Å²) in [6.45, 7) is 4.60. The molecule has 0 saturated carbocycles. The van der Waals surface area contributed by atoms with Gasteiger partial charge in [-0.25, -0.2) is 4.98 Å². The van der Waals surface area contributed by atoms with Gasteiger partial charge in [0.15, 0.2) is 0 Å². The fourth-order valence-corrected chi connectivity index (χ4v) is 8.42. The summed E-state index contributed by atoms with van der Waals surface area (Å²) in [5.74, 6) is 1.63. The molecule has 0 radical (unpaired) electrons. The van der Waals surface area contributed by atoms with Crippen LogP contribution in [0.25, 0.3) is 50.0 Å². The second kappa shape index (κ2) is 11.1. The smallest absolute Gasteiger partial charge is 0.124 e. The number of imidazole rings is 1. The standard InChI is InChI=1S/C45H40N2/c1-30-18-25-41-40(28-30)46-44(45(2)26-10-3-11-27-45)47(41)35-23-21-32(22-24-35)42-36-14-6-8-16-38(36)43(39-17-9-7-15-37(39)42)34-20-19-31-12-4-5-13-33(31)29-34/h3-4,6-12,14-18,21-26,29-30H,5,13,19-20,27-28H2,1-2H3. The van der Waals surface area contributed by atoms with Crippen molar-refractivity contribution in [3.8, 4) is 16.8 Å². The van der Waals surface area contributed by atoms with Crippen LogP contribution in [0.4, 0.5) is 0 Å². The van der Waals surface area contributed by atoms with E-state index in [1.807, 2.05) is 0 Å². The first kappa shape index (κ1) is 28.3. The molecular weight excluding hydrogens is 569 g/mol. The Labute approximate surface area is 277 Å². The third-order valence-corrected chi connectivity index (χ3v) is 10.8. The van der Waals surface area contributed by atoms with Gasteiger partial charge in [0, 0.05) is 11.1 Å². The largest absolute Gasteiger partial charge is 0.296 e. The monoisotopic (exact) mass is 608 g/mol. The number of allylic oxidation sites excluding steroid dienone is 11. The quantitative estimate of drug-likeness (QED) is 0.186. The second-order valence-corrected chi connectivity index (χ2v) is 14.1. The summed E-state index contributed by atoms with van der Waals surface area (Å²) in [5.41, 5.74) is 12.0. The van der Waals surface area contributed by atoms with E-state index < -0.39 is 0 Å². The van der Waals surface area contributed by atoms with Crippen molar-refractivity contribution in [3.05, 3.63) is 155 Å². The lowest BCUT2D eigenvalue weighted by Gasteiger charge is -2.27. The molecule has 2 atom stereocenters. The molecule has 47 heavy (non-hydrogen) atoms. The zero-order valence-corrected chi connectivity index (χ0v) is 27.3. The molecule has 0 N–H and O–H groups in total. The number of fused-ring (bicyclic) bond motifs is 3. The molecule has 4 aliphatic rings. The van der Waals surface area contributed by atoms with Crippen LogP contribution in [0.15, 0.2) is 133 Å². The van der Waals surface area contributed by atoms with Crippen molar-refractivity contribution in [2.75, 3.05) is 0 Å². The minimum Gasteiger partial charge on any atom is -0.296 e. The maximum Gasteiger partial charge on any atom is 0.124 e. The molecule has 0 spiro atoms. The van der Waals surface area contributed by atoms with Crippen molar-refractivity contribution < 1.29 is 0 Å². The zero-order valence-electron chi connectivity index (χ0n) is 27.3. The van der Waals surface area contributed by atoms with Crippen LogP contribution in [0, 0.1) is 5.92 Å². The van der Waals surface area contributed by atoms with Crippen LogP contribution in [0.3, 0.4) is 0 Å². The summed E-state index contributed by atoms with van der Waals surface area (Å²) in [6.07, 6.45) is 27.2. The Morgan fingerprint density at radius 2 is 1.47 bits per heavy atom. The molecule has 0 amide bonds. The molecule has 2 heteroatoms. The van der Waals surface area contributed by atoms with Gasteiger partial charge in [-0.05, 0) is 125 Å². The molecule has 4 aliphatic carbocycles. The van der Waals surface area contributed by atoms with Gasteiger partial charge in [0.2, 0.25) is 0 Å². The highest BCUT2D eigenvalue weighted by Gasteiger charge is 2.33. The Hall–Kier alpha value is -4.95. The Morgan fingerprint density at radius 3 is 2.17 bits per heavy atom. The predicted molar refractivity (Wildman–Crippen MR) is 199 cm³/mol. The van der Waals surface area contributed by atoms with Crippen LogP contribution in [-0.2, 0) is 11.8 Å². The van der Waals surface area contributed by atoms with Gasteiger partial charge in [-0.1, -0.05) is 116 Å². The summed E-state index contributed by atoms with van der Waals surface area (Å²) in [7, 11) is 0. The van der Waals surface area contributed by atoms with Crippen molar-refractivity contribution in [3.63, 3.8) is 0 Å². The zero-order chi connectivity index (χ0) is 31.5. The molecule has 2 nitrogen and oxygen atoms in total. The lowest BCUT2D eigenvalue weighted by atomic mass is 9.80. The van der Waals surface area contributed by atoms with E-state index in [2.05, 4.69) is 146 Å². The first-order valence-electron chi connectivity index (χ1n) is 17.4. The highest BCUT2D eigenvalue weighted by Crippen LogP contribution is 2.45. The van der Waals surface area contributed by atoms with E-state index in [1.54, 1.807) is 0 Å². The summed E-state index contributed by atoms with van der Waals surface area (Å²) in [5, 5.41) is 5.34. The summed E-state index contributed by atoms with van der Waals surface area (Å²) >= 11 is 0. The lowest BCUT2D eigenvalue weighted by Crippen LogP contribution is -2.24. The Morgan fingerprint density at radius 1 is 0.745 bits per heavy atom. The molecule has 0 saturated heterocycles. The number of hydrogen-bond acceptors (Lipinski definition) is 1. The van der Waals surface area contributed by atoms with Crippen molar-refractivity contribution in [1.82, 2.24) is 9.55 Å². The van der Waals surface area contributed by atoms with E-state index in [9.17, 15) is 0 Å². The molecule has 0 aliphatic heterocycles. The SMILES string of the molecule is CC1C=Cc2c(nc(C3(C)C=CC=CC3)n2-c2ccc(-c3c4ccccc4c(C4=CC5=C(C=CCC5)CC4)c4ccccc34)cc2)C1. The number of rotatable bonds is 4.